The average molecular weight is 196 g/mol. The third-order valence-corrected chi connectivity index (χ3v) is 1.35. The number of rotatable bonds is 2. The summed E-state index contributed by atoms with van der Waals surface area (Å²) in [5, 5.41) is 0. The Morgan fingerprint density at radius 1 is 1.42 bits per heavy atom. The van der Waals surface area contributed by atoms with E-state index in [0.29, 0.717) is 5.75 Å². The van der Waals surface area contributed by atoms with Gasteiger partial charge in [0.1, 0.15) is 5.75 Å². The summed E-state index contributed by atoms with van der Waals surface area (Å²) in [6.07, 6.45) is 0. The molecule has 0 aliphatic carbocycles. The molecule has 12 heavy (non-hydrogen) atoms. The maximum absolute atomic E-state index is 12.0. The Morgan fingerprint density at radius 3 is 2.58 bits per heavy atom. The summed E-state index contributed by atoms with van der Waals surface area (Å²) in [5.74, 6) is 0.461. The van der Waals surface area contributed by atoms with Gasteiger partial charge in [0, 0.05) is 0 Å². The van der Waals surface area contributed by atoms with Gasteiger partial charge in [-0.1, -0.05) is 12.1 Å². The summed E-state index contributed by atoms with van der Waals surface area (Å²) in [6.45, 7) is 0. The van der Waals surface area contributed by atoms with E-state index in [9.17, 15) is 8.63 Å². The second-order valence-corrected chi connectivity index (χ2v) is 2.08. The molecule has 1 rings (SSSR count). The van der Waals surface area contributed by atoms with Crippen LogP contribution >= 0.6 is 0 Å². The second-order valence-electron chi connectivity index (χ2n) is 2.08. The zero-order valence-corrected chi connectivity index (χ0v) is 10.2. The maximum atomic E-state index is 12.0. The Morgan fingerprint density at radius 2 is 2.08 bits per heavy atom. The molecule has 0 bridgehead atoms. The van der Waals surface area contributed by atoms with Crippen molar-refractivity contribution >= 4 is 12.7 Å². The quantitative estimate of drug-likeness (QED) is 0.520. The van der Waals surface area contributed by atoms with Gasteiger partial charge in [-0.15, -0.1) is 0 Å². The average Bonchev–Trinajstić information content (AvgIpc) is 2.05. The van der Waals surface area contributed by atoms with Crippen molar-refractivity contribution in [1.82, 2.24) is 0 Å². The summed E-state index contributed by atoms with van der Waals surface area (Å²) >= 11 is 0. The molecule has 0 atom stereocenters. The molecule has 5 heteroatoms. The molecule has 1 nitrogen and oxygen atoms in total. The van der Waals surface area contributed by atoms with Crippen LogP contribution in [-0.4, -0.2) is 14.4 Å². The Hall–Kier alpha value is 0.581. The van der Waals surface area contributed by atoms with Crippen molar-refractivity contribution < 1.29 is 66.2 Å². The van der Waals surface area contributed by atoms with Gasteiger partial charge in [0.2, 0.25) is 0 Å². The molecule has 0 spiro atoms. The molecule has 0 amide bonds. The van der Waals surface area contributed by atoms with Crippen LogP contribution < -0.4 is 61.6 Å². The molecule has 0 aliphatic rings. The van der Waals surface area contributed by atoms with Gasteiger partial charge in [0.15, 0.2) is 0 Å². The molecule has 0 N–H and O–H groups in total. The Balaban J connectivity index is 0. The summed E-state index contributed by atoms with van der Waals surface area (Å²) < 4.78 is 28.8. The third kappa shape index (κ3) is 3.53. The molecule has 0 aromatic heterocycles. The van der Waals surface area contributed by atoms with Crippen LogP contribution in [0.5, 0.6) is 5.75 Å². The van der Waals surface area contributed by atoms with Gasteiger partial charge in [-0.3, -0.25) is 8.63 Å². The number of hydrogen-bond donors (Lipinski definition) is 0. The molecular weight excluding hydrogens is 188 g/mol. The first-order valence-electron chi connectivity index (χ1n) is 3.16. The SMILES string of the molecule is COc1cccc(B(F)F)c1.[H-].[K+]. The molecule has 1 aromatic carbocycles. The molecule has 0 saturated carbocycles. The largest absolute Gasteiger partial charge is 1.00 e. The van der Waals surface area contributed by atoms with Gasteiger partial charge in [0.05, 0.1) is 7.11 Å². The van der Waals surface area contributed by atoms with Crippen molar-refractivity contribution in [3.05, 3.63) is 24.3 Å². The summed E-state index contributed by atoms with van der Waals surface area (Å²) in [5.41, 5.74) is -0.00986. The van der Waals surface area contributed by atoms with Gasteiger partial charge in [0.25, 0.3) is 0 Å². The number of halogens is 2. The van der Waals surface area contributed by atoms with E-state index in [-0.39, 0.29) is 58.3 Å². The van der Waals surface area contributed by atoms with Crippen LogP contribution in [0.15, 0.2) is 24.3 Å². The van der Waals surface area contributed by atoms with Crippen LogP contribution in [0.4, 0.5) is 8.63 Å². The Kier molecular flexibility index (Phi) is 6.39. The van der Waals surface area contributed by atoms with Crippen molar-refractivity contribution in [3.8, 4) is 5.75 Å². The molecule has 0 radical (unpaired) electrons. The van der Waals surface area contributed by atoms with Gasteiger partial charge in [-0.05, 0) is 17.6 Å². The molecule has 0 heterocycles. The molecule has 0 fully saturated rings. The van der Waals surface area contributed by atoms with E-state index >= 15 is 0 Å². The summed E-state index contributed by atoms with van der Waals surface area (Å²) in [6, 6.07) is 5.87. The first-order chi connectivity index (χ1) is 5.24. The minimum Gasteiger partial charge on any atom is -1.00 e. The number of hydrogen-bond acceptors (Lipinski definition) is 1. The monoisotopic (exact) mass is 196 g/mol. The van der Waals surface area contributed by atoms with Crippen LogP contribution in [0.3, 0.4) is 0 Å². The molecule has 0 saturated heterocycles. The standard InChI is InChI=1S/C7H7BF2O.K.H/c1-11-7-4-2-3-6(5-7)8(9)10;;/h2-5H,1H3;;/q;+1;-1. The number of ether oxygens (including phenoxy) is 1. The predicted molar refractivity (Wildman–Crippen MR) is 41.7 cm³/mol. The second kappa shape index (κ2) is 6.10. The first-order valence-corrected chi connectivity index (χ1v) is 3.16. The van der Waals surface area contributed by atoms with E-state index in [0.717, 1.165) is 0 Å². The molecule has 60 valence electrons. The zero-order valence-electron chi connectivity index (χ0n) is 8.05. The van der Waals surface area contributed by atoms with Crippen molar-refractivity contribution in [2.75, 3.05) is 7.11 Å². The van der Waals surface area contributed by atoms with E-state index in [1.54, 1.807) is 12.1 Å². The topological polar surface area (TPSA) is 9.23 Å². The molecule has 0 unspecified atom stereocenters. The van der Waals surface area contributed by atoms with Crippen LogP contribution in [0.1, 0.15) is 1.43 Å². The Labute approximate surface area is 115 Å². The van der Waals surface area contributed by atoms with Crippen LogP contribution in [0, 0.1) is 0 Å². The van der Waals surface area contributed by atoms with Crippen molar-refractivity contribution in [3.63, 3.8) is 0 Å². The molecule has 1 aromatic rings. The smallest absolute Gasteiger partial charge is 1.00 e. The van der Waals surface area contributed by atoms with Crippen molar-refractivity contribution in [2.45, 2.75) is 0 Å². The third-order valence-electron chi connectivity index (χ3n) is 1.35. The van der Waals surface area contributed by atoms with E-state index in [1.165, 1.54) is 19.2 Å². The maximum Gasteiger partial charge on any atom is 1.00 e. The van der Waals surface area contributed by atoms with Gasteiger partial charge in [-0.2, -0.15) is 0 Å². The molecular formula is C7H8BF2KO. The minimum atomic E-state index is -2.43. The summed E-state index contributed by atoms with van der Waals surface area (Å²) in [4.78, 5) is 0. The first kappa shape index (κ1) is 12.6. The van der Waals surface area contributed by atoms with Gasteiger partial charge in [-0.25, -0.2) is 0 Å². The van der Waals surface area contributed by atoms with Crippen molar-refractivity contribution in [2.24, 2.45) is 0 Å². The van der Waals surface area contributed by atoms with E-state index < -0.39 is 7.27 Å². The zero-order chi connectivity index (χ0) is 8.27. The van der Waals surface area contributed by atoms with E-state index in [4.69, 9.17) is 4.74 Å². The Bertz CT molecular complexity index is 250. The predicted octanol–water partition coefficient (Wildman–Crippen LogP) is -1.55. The fourth-order valence-corrected chi connectivity index (χ4v) is 0.777. The van der Waals surface area contributed by atoms with Gasteiger partial charge >= 0.3 is 58.7 Å². The minimum absolute atomic E-state index is 0. The fourth-order valence-electron chi connectivity index (χ4n) is 0.777. The number of methoxy groups -OCH3 is 1. The fraction of sp³-hybridized carbons (Fsp3) is 0.143. The van der Waals surface area contributed by atoms with E-state index in [2.05, 4.69) is 0 Å². The molecule has 0 aliphatic heterocycles. The van der Waals surface area contributed by atoms with Crippen LogP contribution in [-0.2, 0) is 0 Å². The number of benzene rings is 1. The van der Waals surface area contributed by atoms with E-state index in [1.807, 2.05) is 0 Å². The normalized spacial score (nSPS) is 8.58. The van der Waals surface area contributed by atoms with Crippen molar-refractivity contribution in [1.29, 1.82) is 0 Å². The van der Waals surface area contributed by atoms with Crippen LogP contribution in [0.2, 0.25) is 0 Å². The van der Waals surface area contributed by atoms with Gasteiger partial charge < -0.3 is 6.16 Å². The summed E-state index contributed by atoms with van der Waals surface area (Å²) in [7, 11) is -0.977. The van der Waals surface area contributed by atoms with Crippen LogP contribution in [0.25, 0.3) is 0 Å².